The molecule has 18 heavy (non-hydrogen) atoms. The molecule has 3 N–H and O–H groups in total. The van der Waals surface area contributed by atoms with Gasteiger partial charge in [-0.1, -0.05) is 0 Å². The van der Waals surface area contributed by atoms with Crippen LogP contribution < -0.4 is 5.73 Å². The summed E-state index contributed by atoms with van der Waals surface area (Å²) >= 11 is 4.63. The Kier molecular flexibility index (Phi) is 3.83. The highest BCUT2D eigenvalue weighted by Crippen LogP contribution is 2.31. The zero-order valence-electron chi connectivity index (χ0n) is 9.00. The fourth-order valence-electron chi connectivity index (χ4n) is 1.23. The molecule has 5 nitrogen and oxygen atoms in total. The highest BCUT2D eigenvalue weighted by atomic mass is 79.9. The number of pyridine rings is 2. The summed E-state index contributed by atoms with van der Waals surface area (Å²) in [6.07, 6.45) is 2.99. The summed E-state index contributed by atoms with van der Waals surface area (Å²) < 4.78 is 0.825. The second-order valence-corrected chi connectivity index (χ2v) is 5.17. The lowest BCUT2D eigenvalue weighted by Crippen LogP contribution is -2.03. The summed E-state index contributed by atoms with van der Waals surface area (Å²) in [5.41, 5.74) is 5.72. The van der Waals surface area contributed by atoms with Gasteiger partial charge in [-0.25, -0.2) is 14.8 Å². The van der Waals surface area contributed by atoms with Crippen LogP contribution in [0.5, 0.6) is 0 Å². The Morgan fingerprint density at radius 3 is 2.89 bits per heavy atom. The van der Waals surface area contributed by atoms with Gasteiger partial charge in [-0.3, -0.25) is 0 Å². The predicted molar refractivity (Wildman–Crippen MR) is 71.7 cm³/mol. The number of nitrogens with two attached hydrogens (primary N) is 1. The number of nitrogen functional groups attached to an aromatic ring is 1. The zero-order valence-corrected chi connectivity index (χ0v) is 11.4. The van der Waals surface area contributed by atoms with Gasteiger partial charge in [0.25, 0.3) is 0 Å². The lowest BCUT2D eigenvalue weighted by atomic mass is 10.2. The van der Waals surface area contributed by atoms with Crippen molar-refractivity contribution in [3.63, 3.8) is 0 Å². The topological polar surface area (TPSA) is 89.1 Å². The van der Waals surface area contributed by atoms with E-state index in [1.165, 1.54) is 24.0 Å². The molecule has 7 heteroatoms. The first-order valence-electron chi connectivity index (χ1n) is 4.85. The van der Waals surface area contributed by atoms with E-state index in [0.717, 1.165) is 4.47 Å². The molecule has 2 heterocycles. The van der Waals surface area contributed by atoms with E-state index in [0.29, 0.717) is 10.1 Å². The summed E-state index contributed by atoms with van der Waals surface area (Å²) in [7, 11) is 0. The van der Waals surface area contributed by atoms with Gasteiger partial charge in [0, 0.05) is 6.20 Å². The lowest BCUT2D eigenvalue weighted by molar-refractivity contribution is 0.0697. The number of hydrogen-bond donors (Lipinski definition) is 2. The summed E-state index contributed by atoms with van der Waals surface area (Å²) in [5, 5.41) is 10.2. The molecule has 2 aromatic rings. The fraction of sp³-hybridized carbons (Fsp3) is 0. The maximum absolute atomic E-state index is 11.0. The summed E-state index contributed by atoms with van der Waals surface area (Å²) in [6, 6.07) is 5.08. The molecule has 0 saturated heterocycles. The first kappa shape index (κ1) is 12.8. The predicted octanol–water partition coefficient (Wildman–Crippen LogP) is 2.67. The maximum Gasteiger partial charge on any atom is 0.337 e. The van der Waals surface area contributed by atoms with Gasteiger partial charge in [0.2, 0.25) is 0 Å². The van der Waals surface area contributed by atoms with Crippen LogP contribution in [0.3, 0.4) is 0 Å². The summed E-state index contributed by atoms with van der Waals surface area (Å²) in [5.74, 6) is -1.07. The average molecular weight is 326 g/mol. The van der Waals surface area contributed by atoms with E-state index in [2.05, 4.69) is 25.9 Å². The molecule has 0 aliphatic heterocycles. The van der Waals surface area contributed by atoms with Gasteiger partial charge < -0.3 is 10.8 Å². The van der Waals surface area contributed by atoms with Gasteiger partial charge in [0.05, 0.1) is 21.9 Å². The Hall–Kier alpha value is -1.60. The molecule has 0 aliphatic carbocycles. The number of aromatic nitrogens is 2. The Morgan fingerprint density at radius 1 is 1.44 bits per heavy atom. The number of aromatic carboxylic acids is 1. The molecule has 0 bridgehead atoms. The quantitative estimate of drug-likeness (QED) is 0.901. The molecule has 2 rings (SSSR count). The van der Waals surface area contributed by atoms with Gasteiger partial charge in [-0.2, -0.15) is 0 Å². The van der Waals surface area contributed by atoms with Crippen LogP contribution in [0.25, 0.3) is 0 Å². The monoisotopic (exact) mass is 325 g/mol. The maximum atomic E-state index is 11.0. The smallest absolute Gasteiger partial charge is 0.337 e. The number of halogens is 1. The zero-order chi connectivity index (χ0) is 13.1. The van der Waals surface area contributed by atoms with E-state index >= 15 is 0 Å². The Bertz CT molecular complexity index is 607. The van der Waals surface area contributed by atoms with Crippen molar-refractivity contribution in [2.75, 3.05) is 5.73 Å². The van der Waals surface area contributed by atoms with Crippen molar-refractivity contribution in [1.82, 2.24) is 9.97 Å². The standard InChI is InChI=1S/C11H8BrN3O2S/c12-7-2-1-3-14-10(7)18-9-4-6(11(16)17)8(13)5-15-9/h1-5H,13H2,(H,16,17). The van der Waals surface area contributed by atoms with Gasteiger partial charge in [0.15, 0.2) is 0 Å². The van der Waals surface area contributed by atoms with E-state index in [1.54, 1.807) is 12.3 Å². The number of nitrogens with zero attached hydrogens (tertiary/aromatic N) is 2. The van der Waals surface area contributed by atoms with E-state index in [9.17, 15) is 4.79 Å². The van der Waals surface area contributed by atoms with Crippen LogP contribution in [-0.2, 0) is 0 Å². The van der Waals surface area contributed by atoms with Crippen LogP contribution in [0.4, 0.5) is 5.69 Å². The number of carboxylic acids is 1. The number of rotatable bonds is 3. The largest absolute Gasteiger partial charge is 0.478 e. The normalized spacial score (nSPS) is 10.3. The third kappa shape index (κ3) is 2.80. The van der Waals surface area contributed by atoms with Crippen LogP contribution in [0, 0.1) is 0 Å². The van der Waals surface area contributed by atoms with Crippen molar-refractivity contribution in [2.45, 2.75) is 10.1 Å². The van der Waals surface area contributed by atoms with Crippen molar-refractivity contribution in [1.29, 1.82) is 0 Å². The highest BCUT2D eigenvalue weighted by molar-refractivity contribution is 9.10. The van der Waals surface area contributed by atoms with Gasteiger partial charge in [-0.15, -0.1) is 0 Å². The van der Waals surface area contributed by atoms with Crippen molar-refractivity contribution in [3.05, 3.63) is 40.6 Å². The SMILES string of the molecule is Nc1cnc(Sc2ncccc2Br)cc1C(=O)O. The van der Waals surface area contributed by atoms with E-state index in [1.807, 2.05) is 6.07 Å². The van der Waals surface area contributed by atoms with Crippen LogP contribution in [-0.4, -0.2) is 21.0 Å². The molecular formula is C11H8BrN3O2S. The van der Waals surface area contributed by atoms with Crippen molar-refractivity contribution < 1.29 is 9.90 Å². The van der Waals surface area contributed by atoms with Crippen molar-refractivity contribution >= 4 is 39.3 Å². The summed E-state index contributed by atoms with van der Waals surface area (Å²) in [4.78, 5) is 19.2. The minimum absolute atomic E-state index is 0.0413. The minimum Gasteiger partial charge on any atom is -0.478 e. The van der Waals surface area contributed by atoms with Crippen LogP contribution in [0.15, 0.2) is 45.1 Å². The van der Waals surface area contributed by atoms with Crippen LogP contribution in [0.2, 0.25) is 0 Å². The highest BCUT2D eigenvalue weighted by Gasteiger charge is 2.11. The molecule has 0 spiro atoms. The fourth-order valence-corrected chi connectivity index (χ4v) is 2.49. The van der Waals surface area contributed by atoms with E-state index in [4.69, 9.17) is 10.8 Å². The average Bonchev–Trinajstić information content (AvgIpc) is 2.34. The number of anilines is 1. The molecule has 0 aromatic carbocycles. The van der Waals surface area contributed by atoms with Gasteiger partial charge in [0.1, 0.15) is 10.1 Å². The molecule has 0 atom stereocenters. The Morgan fingerprint density at radius 2 is 2.22 bits per heavy atom. The Labute approximate surface area is 116 Å². The molecule has 0 aliphatic rings. The molecule has 92 valence electrons. The first-order chi connectivity index (χ1) is 8.58. The second kappa shape index (κ2) is 5.36. The number of hydrogen-bond acceptors (Lipinski definition) is 5. The third-order valence-corrected chi connectivity index (χ3v) is 3.92. The molecule has 0 fully saturated rings. The van der Waals surface area contributed by atoms with Gasteiger partial charge >= 0.3 is 5.97 Å². The lowest BCUT2D eigenvalue weighted by Gasteiger charge is -2.05. The molecular weight excluding hydrogens is 318 g/mol. The van der Waals surface area contributed by atoms with E-state index < -0.39 is 5.97 Å². The molecule has 0 radical (unpaired) electrons. The molecule has 0 unspecified atom stereocenters. The van der Waals surface area contributed by atoms with E-state index in [-0.39, 0.29) is 11.3 Å². The summed E-state index contributed by atoms with van der Waals surface area (Å²) in [6.45, 7) is 0. The molecule has 0 saturated carbocycles. The second-order valence-electron chi connectivity index (χ2n) is 3.31. The van der Waals surface area contributed by atoms with Crippen molar-refractivity contribution in [2.24, 2.45) is 0 Å². The minimum atomic E-state index is -1.07. The number of carboxylic acid groups (broad SMARTS) is 1. The first-order valence-corrected chi connectivity index (χ1v) is 6.46. The van der Waals surface area contributed by atoms with Crippen LogP contribution in [0.1, 0.15) is 10.4 Å². The number of carbonyl (C=O) groups is 1. The Balaban J connectivity index is 2.33. The van der Waals surface area contributed by atoms with Gasteiger partial charge in [-0.05, 0) is 45.9 Å². The third-order valence-electron chi connectivity index (χ3n) is 2.07. The van der Waals surface area contributed by atoms with Crippen molar-refractivity contribution in [3.8, 4) is 0 Å². The molecule has 2 aromatic heterocycles. The molecule has 0 amide bonds. The van der Waals surface area contributed by atoms with Crippen LogP contribution >= 0.6 is 27.7 Å².